The van der Waals surface area contributed by atoms with Crippen molar-refractivity contribution >= 4 is 5.96 Å². The summed E-state index contributed by atoms with van der Waals surface area (Å²) >= 11 is 0. The average molecular weight is 437 g/mol. The summed E-state index contributed by atoms with van der Waals surface area (Å²) in [5, 5.41) is 6.32. The van der Waals surface area contributed by atoms with E-state index in [-0.39, 0.29) is 12.3 Å². The minimum Gasteiger partial charge on any atom is -0.497 e. The van der Waals surface area contributed by atoms with Gasteiger partial charge in [-0.25, -0.2) is 0 Å². The zero-order valence-corrected chi connectivity index (χ0v) is 18.2. The van der Waals surface area contributed by atoms with Gasteiger partial charge in [0.05, 0.1) is 21.3 Å². The van der Waals surface area contributed by atoms with Crippen molar-refractivity contribution in [2.45, 2.75) is 26.0 Å². The number of guanidine groups is 1. The molecule has 0 aliphatic rings. The topological polar surface area (TPSA) is 73.3 Å². The lowest BCUT2D eigenvalue weighted by Gasteiger charge is -2.15. The van der Waals surface area contributed by atoms with Crippen LogP contribution in [0.5, 0.6) is 23.0 Å². The number of alkyl halides is 2. The van der Waals surface area contributed by atoms with E-state index in [4.69, 9.17) is 14.2 Å². The van der Waals surface area contributed by atoms with E-state index in [1.807, 2.05) is 18.2 Å². The Kier molecular flexibility index (Phi) is 9.67. The second-order valence-electron chi connectivity index (χ2n) is 6.50. The fourth-order valence-electron chi connectivity index (χ4n) is 2.97. The van der Waals surface area contributed by atoms with E-state index in [2.05, 4.69) is 20.4 Å². The van der Waals surface area contributed by atoms with Crippen molar-refractivity contribution in [2.24, 2.45) is 4.99 Å². The zero-order valence-electron chi connectivity index (χ0n) is 18.2. The molecule has 0 saturated carbocycles. The van der Waals surface area contributed by atoms with Crippen molar-refractivity contribution in [1.29, 1.82) is 0 Å². The number of rotatable bonds is 11. The molecule has 2 N–H and O–H groups in total. The Hall–Kier alpha value is -3.23. The Bertz CT molecular complexity index is 863. The summed E-state index contributed by atoms with van der Waals surface area (Å²) in [6.45, 7) is -1.98. The number of aryl methyl sites for hydroxylation is 1. The molecule has 0 aromatic heterocycles. The standard InChI is InChI=1S/C22H29F2N3O4/c1-25-22(26-11-5-6-15-7-9-19(29-3)20(12-15)30-4)27-14-16-13-17(28-2)8-10-18(16)31-21(23)24/h7-10,12-13,21H,5-6,11,14H2,1-4H3,(H2,25,26,27). The fourth-order valence-corrected chi connectivity index (χ4v) is 2.97. The predicted octanol–water partition coefficient (Wildman–Crippen LogP) is 3.61. The smallest absolute Gasteiger partial charge is 0.387 e. The fraction of sp³-hybridized carbons (Fsp3) is 0.409. The number of hydrogen-bond acceptors (Lipinski definition) is 5. The third-order valence-electron chi connectivity index (χ3n) is 4.54. The molecular formula is C22H29F2N3O4. The van der Waals surface area contributed by atoms with Crippen LogP contribution < -0.4 is 29.6 Å². The third-order valence-corrected chi connectivity index (χ3v) is 4.54. The van der Waals surface area contributed by atoms with Crippen LogP contribution in [0.3, 0.4) is 0 Å². The zero-order chi connectivity index (χ0) is 22.6. The molecule has 7 nitrogen and oxygen atoms in total. The molecule has 0 atom stereocenters. The van der Waals surface area contributed by atoms with Gasteiger partial charge in [-0.2, -0.15) is 8.78 Å². The van der Waals surface area contributed by atoms with Crippen molar-refractivity contribution in [2.75, 3.05) is 34.9 Å². The molecule has 9 heteroatoms. The van der Waals surface area contributed by atoms with Gasteiger partial charge in [0.1, 0.15) is 11.5 Å². The highest BCUT2D eigenvalue weighted by Gasteiger charge is 2.12. The molecule has 0 fully saturated rings. The summed E-state index contributed by atoms with van der Waals surface area (Å²) in [5.41, 5.74) is 1.67. The molecule has 0 aliphatic carbocycles. The Morgan fingerprint density at radius 2 is 1.68 bits per heavy atom. The first kappa shape index (κ1) is 24.0. The molecular weight excluding hydrogens is 408 g/mol. The Labute approximate surface area is 181 Å². The third kappa shape index (κ3) is 7.51. The summed E-state index contributed by atoms with van der Waals surface area (Å²) in [4.78, 5) is 4.17. The molecule has 0 spiro atoms. The molecule has 2 aromatic rings. The SMILES string of the molecule is CN=C(NCCCc1ccc(OC)c(OC)c1)NCc1cc(OC)ccc1OC(F)F. The Morgan fingerprint density at radius 3 is 2.32 bits per heavy atom. The van der Waals surface area contributed by atoms with E-state index < -0.39 is 6.61 Å². The van der Waals surface area contributed by atoms with Crippen LogP contribution in [-0.2, 0) is 13.0 Å². The van der Waals surface area contributed by atoms with Crippen LogP contribution in [0.25, 0.3) is 0 Å². The van der Waals surface area contributed by atoms with Crippen LogP contribution in [0.1, 0.15) is 17.5 Å². The Balaban J connectivity index is 1.87. The summed E-state index contributed by atoms with van der Waals surface area (Å²) < 4.78 is 45.6. The van der Waals surface area contributed by atoms with Crippen LogP contribution >= 0.6 is 0 Å². The van der Waals surface area contributed by atoms with Gasteiger partial charge in [0.25, 0.3) is 0 Å². The minimum atomic E-state index is -2.90. The molecule has 2 rings (SSSR count). The number of hydrogen-bond donors (Lipinski definition) is 2. The van der Waals surface area contributed by atoms with Crippen LogP contribution in [0.15, 0.2) is 41.4 Å². The van der Waals surface area contributed by atoms with Gasteiger partial charge in [0, 0.05) is 25.7 Å². The van der Waals surface area contributed by atoms with Crippen LogP contribution in [-0.4, -0.2) is 47.5 Å². The van der Waals surface area contributed by atoms with Crippen LogP contribution in [0.4, 0.5) is 8.78 Å². The van der Waals surface area contributed by atoms with Crippen molar-refractivity contribution in [3.05, 3.63) is 47.5 Å². The van der Waals surface area contributed by atoms with Crippen LogP contribution in [0, 0.1) is 0 Å². The number of nitrogens with one attached hydrogen (secondary N) is 2. The number of aliphatic imine (C=N–C) groups is 1. The lowest BCUT2D eigenvalue weighted by atomic mass is 10.1. The second kappa shape index (κ2) is 12.5. The first-order valence-electron chi connectivity index (χ1n) is 9.77. The van der Waals surface area contributed by atoms with Crippen molar-refractivity contribution in [1.82, 2.24) is 10.6 Å². The summed E-state index contributed by atoms with van der Waals surface area (Å²) in [5.74, 6) is 2.59. The first-order chi connectivity index (χ1) is 15.0. The van der Waals surface area contributed by atoms with Gasteiger partial charge in [-0.1, -0.05) is 6.07 Å². The molecule has 31 heavy (non-hydrogen) atoms. The first-order valence-corrected chi connectivity index (χ1v) is 9.77. The van der Waals surface area contributed by atoms with E-state index in [0.717, 1.165) is 18.4 Å². The molecule has 0 amide bonds. The minimum absolute atomic E-state index is 0.0900. The summed E-state index contributed by atoms with van der Waals surface area (Å²) in [7, 11) is 6.37. The van der Waals surface area contributed by atoms with Gasteiger partial charge >= 0.3 is 6.61 Å². The highest BCUT2D eigenvalue weighted by atomic mass is 19.3. The molecule has 170 valence electrons. The number of nitrogens with zero attached hydrogens (tertiary/aromatic N) is 1. The average Bonchev–Trinajstić information content (AvgIpc) is 2.78. The highest BCUT2D eigenvalue weighted by molar-refractivity contribution is 5.79. The van der Waals surface area contributed by atoms with Gasteiger partial charge in [-0.15, -0.1) is 0 Å². The van der Waals surface area contributed by atoms with Crippen LogP contribution in [0.2, 0.25) is 0 Å². The molecule has 0 unspecified atom stereocenters. The molecule has 0 radical (unpaired) electrons. The maximum Gasteiger partial charge on any atom is 0.387 e. The highest BCUT2D eigenvalue weighted by Crippen LogP contribution is 2.28. The van der Waals surface area contributed by atoms with E-state index in [1.54, 1.807) is 33.4 Å². The van der Waals surface area contributed by atoms with Crippen molar-refractivity contribution in [3.63, 3.8) is 0 Å². The summed E-state index contributed by atoms with van der Waals surface area (Å²) in [6, 6.07) is 10.5. The quantitative estimate of drug-likeness (QED) is 0.318. The number of ether oxygens (including phenoxy) is 4. The van der Waals surface area contributed by atoms with Crippen molar-refractivity contribution in [3.8, 4) is 23.0 Å². The maximum atomic E-state index is 12.7. The van der Waals surface area contributed by atoms with Gasteiger partial charge in [0.15, 0.2) is 17.5 Å². The molecule has 0 heterocycles. The predicted molar refractivity (Wildman–Crippen MR) is 116 cm³/mol. The largest absolute Gasteiger partial charge is 0.497 e. The lowest BCUT2D eigenvalue weighted by molar-refractivity contribution is -0.0505. The van der Waals surface area contributed by atoms with E-state index in [9.17, 15) is 8.78 Å². The summed E-state index contributed by atoms with van der Waals surface area (Å²) in [6.07, 6.45) is 1.70. The second-order valence-corrected chi connectivity index (χ2v) is 6.50. The lowest BCUT2D eigenvalue weighted by Crippen LogP contribution is -2.37. The van der Waals surface area contributed by atoms with Gasteiger partial charge < -0.3 is 29.6 Å². The maximum absolute atomic E-state index is 12.7. The molecule has 0 saturated heterocycles. The number of benzene rings is 2. The molecule has 2 aromatic carbocycles. The molecule has 0 bridgehead atoms. The van der Waals surface area contributed by atoms with E-state index in [1.165, 1.54) is 13.2 Å². The number of halogens is 2. The Morgan fingerprint density at radius 1 is 0.935 bits per heavy atom. The van der Waals surface area contributed by atoms with Gasteiger partial charge in [-0.05, 0) is 48.7 Å². The van der Waals surface area contributed by atoms with E-state index >= 15 is 0 Å². The normalized spacial score (nSPS) is 11.3. The monoisotopic (exact) mass is 437 g/mol. The van der Waals surface area contributed by atoms with Gasteiger partial charge in [0.2, 0.25) is 0 Å². The number of methoxy groups -OCH3 is 3. The van der Waals surface area contributed by atoms with E-state index in [0.29, 0.717) is 35.3 Å². The molecule has 0 aliphatic heterocycles. The van der Waals surface area contributed by atoms with Crippen molar-refractivity contribution < 1.29 is 27.7 Å². The van der Waals surface area contributed by atoms with Gasteiger partial charge in [-0.3, -0.25) is 4.99 Å².